The predicted octanol–water partition coefficient (Wildman–Crippen LogP) is 2.92. The maximum absolute atomic E-state index is 12.8. The molecule has 6 nitrogen and oxygen atoms in total. The van der Waals surface area contributed by atoms with Crippen LogP contribution in [0.2, 0.25) is 5.02 Å². The molecule has 2 heterocycles. The van der Waals surface area contributed by atoms with Crippen LogP contribution in [-0.2, 0) is 22.6 Å². The standard InChI is InChI=1S/C21H21ClN2O4/c1-21(8-9-24(21)19(25)11-15-4-2-3-5-16(15)22)20(26)23-12-14-6-7-17-18(10-14)28-13-27-17/h2-7,10H,8-9,11-13H2,1H3,(H,23,26). The van der Waals surface area contributed by atoms with Crippen LogP contribution in [0.5, 0.6) is 11.5 Å². The number of benzene rings is 2. The summed E-state index contributed by atoms with van der Waals surface area (Å²) in [6.07, 6.45) is 0.818. The lowest BCUT2D eigenvalue weighted by molar-refractivity contribution is -0.157. The highest BCUT2D eigenvalue weighted by Gasteiger charge is 2.49. The predicted molar refractivity (Wildman–Crippen MR) is 104 cm³/mol. The van der Waals surface area contributed by atoms with Gasteiger partial charge in [0.05, 0.1) is 6.42 Å². The second-order valence-electron chi connectivity index (χ2n) is 7.21. The van der Waals surface area contributed by atoms with Gasteiger partial charge in [0, 0.05) is 18.1 Å². The molecule has 0 saturated carbocycles. The number of ether oxygens (including phenoxy) is 2. The fourth-order valence-corrected chi connectivity index (χ4v) is 3.72. The van der Waals surface area contributed by atoms with Crippen LogP contribution < -0.4 is 14.8 Å². The first-order valence-corrected chi connectivity index (χ1v) is 9.56. The van der Waals surface area contributed by atoms with Gasteiger partial charge in [-0.3, -0.25) is 9.59 Å². The summed E-state index contributed by atoms with van der Waals surface area (Å²) in [5, 5.41) is 3.50. The van der Waals surface area contributed by atoms with E-state index in [-0.39, 0.29) is 25.0 Å². The van der Waals surface area contributed by atoms with Crippen molar-refractivity contribution in [3.05, 3.63) is 58.6 Å². The molecule has 2 aliphatic rings. The normalized spacial score (nSPS) is 19.9. The minimum absolute atomic E-state index is 0.0971. The van der Waals surface area contributed by atoms with Crippen molar-refractivity contribution in [1.29, 1.82) is 0 Å². The molecule has 28 heavy (non-hydrogen) atoms. The Labute approximate surface area is 168 Å². The fraction of sp³-hybridized carbons (Fsp3) is 0.333. The number of halogens is 1. The number of fused-ring (bicyclic) bond motifs is 1. The molecule has 1 atom stereocenters. The topological polar surface area (TPSA) is 67.9 Å². The van der Waals surface area contributed by atoms with Crippen molar-refractivity contribution in [2.24, 2.45) is 0 Å². The monoisotopic (exact) mass is 400 g/mol. The molecule has 4 rings (SSSR count). The summed E-state index contributed by atoms with van der Waals surface area (Å²) >= 11 is 6.16. The molecule has 1 saturated heterocycles. The number of likely N-dealkylation sites (tertiary alicyclic amines) is 1. The third kappa shape index (κ3) is 3.40. The zero-order chi connectivity index (χ0) is 19.7. The van der Waals surface area contributed by atoms with Crippen LogP contribution in [0.25, 0.3) is 0 Å². The highest BCUT2D eigenvalue weighted by molar-refractivity contribution is 6.31. The second kappa shape index (κ2) is 7.36. The van der Waals surface area contributed by atoms with Gasteiger partial charge in [0.1, 0.15) is 5.54 Å². The van der Waals surface area contributed by atoms with Crippen LogP contribution in [0, 0.1) is 0 Å². The van der Waals surface area contributed by atoms with E-state index in [0.717, 1.165) is 11.1 Å². The summed E-state index contributed by atoms with van der Waals surface area (Å²) in [7, 11) is 0. The third-order valence-electron chi connectivity index (χ3n) is 5.40. The third-order valence-corrected chi connectivity index (χ3v) is 5.77. The van der Waals surface area contributed by atoms with Gasteiger partial charge in [0.2, 0.25) is 18.6 Å². The van der Waals surface area contributed by atoms with E-state index in [9.17, 15) is 9.59 Å². The molecule has 146 valence electrons. The summed E-state index contributed by atoms with van der Waals surface area (Å²) in [4.78, 5) is 27.2. The van der Waals surface area contributed by atoms with Gasteiger partial charge in [-0.15, -0.1) is 0 Å². The number of nitrogens with zero attached hydrogens (tertiary/aromatic N) is 1. The number of carbonyl (C=O) groups excluding carboxylic acids is 2. The lowest BCUT2D eigenvalue weighted by Crippen LogP contribution is -2.67. The Morgan fingerprint density at radius 1 is 1.18 bits per heavy atom. The van der Waals surface area contributed by atoms with Gasteiger partial charge in [-0.2, -0.15) is 0 Å². The van der Waals surface area contributed by atoms with Crippen molar-refractivity contribution in [3.63, 3.8) is 0 Å². The average Bonchev–Trinajstić information content (AvgIpc) is 3.14. The second-order valence-corrected chi connectivity index (χ2v) is 7.61. The van der Waals surface area contributed by atoms with Gasteiger partial charge in [0.25, 0.3) is 0 Å². The lowest BCUT2D eigenvalue weighted by atomic mass is 9.84. The molecule has 0 spiro atoms. The van der Waals surface area contributed by atoms with Crippen molar-refractivity contribution in [2.45, 2.75) is 31.8 Å². The average molecular weight is 401 g/mol. The number of amides is 2. The summed E-state index contributed by atoms with van der Waals surface area (Å²) in [6, 6.07) is 12.8. The van der Waals surface area contributed by atoms with E-state index in [1.54, 1.807) is 17.9 Å². The van der Waals surface area contributed by atoms with Gasteiger partial charge >= 0.3 is 0 Å². The van der Waals surface area contributed by atoms with Crippen LogP contribution in [0.1, 0.15) is 24.5 Å². The molecule has 2 aliphatic heterocycles. The van der Waals surface area contributed by atoms with Crippen LogP contribution in [0.3, 0.4) is 0 Å². The molecule has 1 unspecified atom stereocenters. The molecule has 0 radical (unpaired) electrons. The Morgan fingerprint density at radius 2 is 1.96 bits per heavy atom. The summed E-state index contributed by atoms with van der Waals surface area (Å²) < 4.78 is 10.7. The minimum Gasteiger partial charge on any atom is -0.454 e. The van der Waals surface area contributed by atoms with Crippen molar-refractivity contribution in [3.8, 4) is 11.5 Å². The highest BCUT2D eigenvalue weighted by atomic mass is 35.5. The number of carbonyl (C=O) groups is 2. The molecule has 7 heteroatoms. The molecular weight excluding hydrogens is 380 g/mol. The molecule has 2 aromatic rings. The summed E-state index contributed by atoms with van der Waals surface area (Å²) in [6.45, 7) is 2.94. The van der Waals surface area contributed by atoms with Crippen molar-refractivity contribution in [1.82, 2.24) is 10.2 Å². The molecular formula is C21H21ClN2O4. The Hall–Kier alpha value is -2.73. The Balaban J connectivity index is 1.38. The Kier molecular flexibility index (Phi) is 4.89. The van der Waals surface area contributed by atoms with E-state index >= 15 is 0 Å². The van der Waals surface area contributed by atoms with Gasteiger partial charge < -0.3 is 19.7 Å². The van der Waals surface area contributed by atoms with E-state index in [1.165, 1.54) is 0 Å². The highest BCUT2D eigenvalue weighted by Crippen LogP contribution is 2.34. The molecule has 2 amide bonds. The first kappa shape index (κ1) is 18.6. The minimum atomic E-state index is -0.839. The molecule has 1 N–H and O–H groups in total. The van der Waals surface area contributed by atoms with Crippen LogP contribution in [0.4, 0.5) is 0 Å². The summed E-state index contributed by atoms with van der Waals surface area (Å²) in [5.41, 5.74) is 0.841. The zero-order valence-corrected chi connectivity index (χ0v) is 16.3. The SMILES string of the molecule is CC1(C(=O)NCc2ccc3c(c2)OCO3)CCN1C(=O)Cc1ccccc1Cl. The van der Waals surface area contributed by atoms with E-state index in [1.807, 2.05) is 36.4 Å². The van der Waals surface area contributed by atoms with Crippen LogP contribution in [0.15, 0.2) is 42.5 Å². The fourth-order valence-electron chi connectivity index (χ4n) is 3.52. The molecule has 2 aromatic carbocycles. The van der Waals surface area contributed by atoms with Crippen LogP contribution in [-0.4, -0.2) is 35.6 Å². The molecule has 0 bridgehead atoms. The summed E-state index contributed by atoms with van der Waals surface area (Å²) in [5.74, 6) is 1.12. The van der Waals surface area contributed by atoms with E-state index in [4.69, 9.17) is 21.1 Å². The van der Waals surface area contributed by atoms with Gasteiger partial charge in [-0.1, -0.05) is 35.9 Å². The van der Waals surface area contributed by atoms with E-state index < -0.39 is 5.54 Å². The van der Waals surface area contributed by atoms with E-state index in [2.05, 4.69) is 5.32 Å². The number of nitrogens with one attached hydrogen (secondary N) is 1. The first-order valence-electron chi connectivity index (χ1n) is 9.18. The van der Waals surface area contributed by atoms with Crippen molar-refractivity contribution in [2.75, 3.05) is 13.3 Å². The zero-order valence-electron chi connectivity index (χ0n) is 15.5. The van der Waals surface area contributed by atoms with Gasteiger partial charge in [-0.25, -0.2) is 0 Å². The van der Waals surface area contributed by atoms with Crippen molar-refractivity contribution >= 4 is 23.4 Å². The first-order chi connectivity index (χ1) is 13.5. The number of hydrogen-bond donors (Lipinski definition) is 1. The van der Waals surface area contributed by atoms with Gasteiger partial charge in [0.15, 0.2) is 11.5 Å². The van der Waals surface area contributed by atoms with E-state index in [0.29, 0.717) is 36.0 Å². The molecule has 1 fully saturated rings. The van der Waals surface area contributed by atoms with Crippen molar-refractivity contribution < 1.29 is 19.1 Å². The Bertz CT molecular complexity index is 932. The van der Waals surface area contributed by atoms with Gasteiger partial charge in [-0.05, 0) is 42.7 Å². The largest absolute Gasteiger partial charge is 0.454 e. The number of rotatable bonds is 5. The lowest BCUT2D eigenvalue weighted by Gasteiger charge is -2.49. The smallest absolute Gasteiger partial charge is 0.246 e. The van der Waals surface area contributed by atoms with Crippen LogP contribution >= 0.6 is 11.6 Å². The number of hydrogen-bond acceptors (Lipinski definition) is 4. The Morgan fingerprint density at radius 3 is 2.71 bits per heavy atom. The quantitative estimate of drug-likeness (QED) is 0.838. The molecule has 0 aromatic heterocycles. The maximum atomic E-state index is 12.8. The molecule has 0 aliphatic carbocycles. The maximum Gasteiger partial charge on any atom is 0.246 e.